The Bertz CT molecular complexity index is 1080. The minimum Gasteiger partial charge on any atom is -0.461 e. The molecule has 0 spiro atoms. The first-order valence-electron chi connectivity index (χ1n) is 8.79. The number of carbonyl (C=O) groups excluding carboxylic acids is 2. The first-order valence-corrected chi connectivity index (χ1v) is 9.77. The lowest BCUT2D eigenvalue weighted by Crippen LogP contribution is -2.17. The molecule has 3 rings (SSSR count). The summed E-state index contributed by atoms with van der Waals surface area (Å²) in [7, 11) is 0. The number of rotatable bonds is 9. The van der Waals surface area contributed by atoms with Crippen molar-refractivity contribution < 1.29 is 18.9 Å². The lowest BCUT2D eigenvalue weighted by atomic mass is 10.1. The minimum atomic E-state index is -0.503. The van der Waals surface area contributed by atoms with Crippen LogP contribution in [-0.2, 0) is 16.1 Å². The normalized spacial score (nSPS) is 10.7. The summed E-state index contributed by atoms with van der Waals surface area (Å²) in [6.07, 6.45) is 1.56. The van der Waals surface area contributed by atoms with Crippen LogP contribution in [0.2, 0.25) is 0 Å². The molecule has 0 saturated heterocycles. The number of anilines is 1. The Morgan fingerprint density at radius 3 is 2.77 bits per heavy atom. The Balaban J connectivity index is 1.72. The number of hydrogen-bond donors (Lipinski definition) is 2. The number of furan rings is 1. The molecule has 2 aromatic heterocycles. The van der Waals surface area contributed by atoms with E-state index in [1.165, 1.54) is 18.4 Å². The largest absolute Gasteiger partial charge is 0.461 e. The van der Waals surface area contributed by atoms with E-state index in [2.05, 4.69) is 15.5 Å². The monoisotopic (exact) mass is 430 g/mol. The summed E-state index contributed by atoms with van der Waals surface area (Å²) < 4.78 is 7.00. The number of primary amides is 1. The number of hydrogen-bond acceptors (Lipinski definition) is 8. The third-order valence-electron chi connectivity index (χ3n) is 4.15. The maximum atomic E-state index is 12.4. The first kappa shape index (κ1) is 21.0. The van der Waals surface area contributed by atoms with Crippen molar-refractivity contribution in [2.45, 2.75) is 25.0 Å². The molecule has 0 fully saturated rings. The second kappa shape index (κ2) is 9.22. The molecule has 0 aliphatic heterocycles. The summed E-state index contributed by atoms with van der Waals surface area (Å²) in [4.78, 5) is 34.1. The first-order chi connectivity index (χ1) is 14.4. The predicted octanol–water partition coefficient (Wildman–Crippen LogP) is 2.36. The topological polar surface area (TPSA) is 159 Å². The van der Waals surface area contributed by atoms with E-state index in [4.69, 9.17) is 10.2 Å². The molecule has 0 radical (unpaired) electrons. The van der Waals surface area contributed by atoms with Crippen molar-refractivity contribution in [2.24, 2.45) is 5.73 Å². The van der Waals surface area contributed by atoms with Crippen LogP contribution in [0.4, 0.5) is 11.4 Å². The van der Waals surface area contributed by atoms with Gasteiger partial charge in [-0.05, 0) is 25.1 Å². The van der Waals surface area contributed by atoms with E-state index in [9.17, 15) is 19.7 Å². The molecule has 0 unspecified atom stereocenters. The van der Waals surface area contributed by atoms with Gasteiger partial charge in [-0.1, -0.05) is 17.8 Å². The fraction of sp³-hybridized carbons (Fsp3) is 0.222. The highest BCUT2D eigenvalue weighted by Gasteiger charge is 2.19. The predicted molar refractivity (Wildman–Crippen MR) is 109 cm³/mol. The number of nitrogens with one attached hydrogen (secondary N) is 1. The van der Waals surface area contributed by atoms with Gasteiger partial charge < -0.3 is 15.5 Å². The van der Waals surface area contributed by atoms with Crippen LogP contribution in [0.1, 0.15) is 12.0 Å². The molecule has 0 aliphatic carbocycles. The zero-order valence-corrected chi connectivity index (χ0v) is 16.7. The summed E-state index contributed by atoms with van der Waals surface area (Å²) >= 11 is 1.11. The standard InChI is InChI=1S/C18H18N6O5S/c1-11-12(4-2-5-13(11)24(27)28)20-16(26)10-30-18-22-21-17(14-6-3-9-29-14)23(18)8-7-15(19)25/h2-6,9H,7-8,10H2,1H3,(H2,19,25)(H,20,26). The van der Waals surface area contributed by atoms with E-state index in [1.807, 2.05) is 0 Å². The van der Waals surface area contributed by atoms with Crippen LogP contribution >= 0.6 is 11.8 Å². The average Bonchev–Trinajstić information content (AvgIpc) is 3.35. The van der Waals surface area contributed by atoms with E-state index in [1.54, 1.807) is 29.7 Å². The van der Waals surface area contributed by atoms with Crippen LogP contribution in [0.5, 0.6) is 0 Å². The molecule has 2 amide bonds. The van der Waals surface area contributed by atoms with Gasteiger partial charge in [0.2, 0.25) is 11.8 Å². The van der Waals surface area contributed by atoms with Crippen molar-refractivity contribution in [1.29, 1.82) is 0 Å². The highest BCUT2D eigenvalue weighted by molar-refractivity contribution is 7.99. The second-order valence-electron chi connectivity index (χ2n) is 6.20. The minimum absolute atomic E-state index is 0.0189. The lowest BCUT2D eigenvalue weighted by molar-refractivity contribution is -0.385. The number of nitro benzene ring substituents is 1. The highest BCUT2D eigenvalue weighted by Crippen LogP contribution is 2.27. The van der Waals surface area contributed by atoms with Gasteiger partial charge in [0, 0.05) is 19.0 Å². The van der Waals surface area contributed by atoms with Gasteiger partial charge in [0.15, 0.2) is 16.7 Å². The van der Waals surface area contributed by atoms with E-state index >= 15 is 0 Å². The van der Waals surface area contributed by atoms with E-state index in [-0.39, 0.29) is 30.3 Å². The number of amides is 2. The third kappa shape index (κ3) is 4.84. The Morgan fingerprint density at radius 1 is 1.30 bits per heavy atom. The van der Waals surface area contributed by atoms with Crippen LogP contribution in [0.3, 0.4) is 0 Å². The van der Waals surface area contributed by atoms with Gasteiger partial charge in [0.05, 0.1) is 28.2 Å². The van der Waals surface area contributed by atoms with Crippen LogP contribution in [0.15, 0.2) is 46.2 Å². The van der Waals surface area contributed by atoms with Crippen molar-refractivity contribution in [3.05, 3.63) is 52.3 Å². The molecule has 1 aromatic carbocycles. The number of nitro groups is 1. The van der Waals surface area contributed by atoms with Crippen molar-refractivity contribution in [2.75, 3.05) is 11.1 Å². The molecule has 2 heterocycles. The molecule has 3 N–H and O–H groups in total. The molecule has 12 heteroatoms. The zero-order chi connectivity index (χ0) is 21.7. The summed E-state index contributed by atoms with van der Waals surface area (Å²) in [6, 6.07) is 7.87. The summed E-state index contributed by atoms with van der Waals surface area (Å²) in [5.41, 5.74) is 5.90. The smallest absolute Gasteiger partial charge is 0.274 e. The Labute approximate surface area is 174 Å². The van der Waals surface area contributed by atoms with E-state index in [0.717, 1.165) is 11.8 Å². The quantitative estimate of drug-likeness (QED) is 0.297. The van der Waals surface area contributed by atoms with Crippen LogP contribution in [0.25, 0.3) is 11.6 Å². The highest BCUT2D eigenvalue weighted by atomic mass is 32.2. The third-order valence-corrected chi connectivity index (χ3v) is 5.12. The van der Waals surface area contributed by atoms with Gasteiger partial charge in [-0.2, -0.15) is 0 Å². The molecule has 156 valence electrons. The summed E-state index contributed by atoms with van der Waals surface area (Å²) in [5, 5.41) is 22.3. The number of benzene rings is 1. The van der Waals surface area contributed by atoms with Crippen molar-refractivity contribution in [3.63, 3.8) is 0 Å². The summed E-state index contributed by atoms with van der Waals surface area (Å²) in [5.74, 6) is 0.0142. The second-order valence-corrected chi connectivity index (χ2v) is 7.14. The lowest BCUT2D eigenvalue weighted by Gasteiger charge is -2.09. The number of aromatic nitrogens is 3. The van der Waals surface area contributed by atoms with E-state index in [0.29, 0.717) is 28.0 Å². The Morgan fingerprint density at radius 2 is 2.10 bits per heavy atom. The molecule has 11 nitrogen and oxygen atoms in total. The number of nitrogens with zero attached hydrogens (tertiary/aromatic N) is 4. The van der Waals surface area contributed by atoms with E-state index < -0.39 is 10.8 Å². The molecule has 0 bridgehead atoms. The molecule has 0 atom stereocenters. The van der Waals surface area contributed by atoms with Crippen molar-refractivity contribution >= 4 is 35.0 Å². The molecular formula is C18H18N6O5S. The number of carbonyl (C=O) groups is 2. The van der Waals surface area contributed by atoms with Crippen LogP contribution in [0, 0.1) is 17.0 Å². The van der Waals surface area contributed by atoms with Crippen molar-refractivity contribution in [1.82, 2.24) is 14.8 Å². The van der Waals surface area contributed by atoms with Crippen LogP contribution < -0.4 is 11.1 Å². The number of nitrogens with two attached hydrogens (primary N) is 1. The van der Waals surface area contributed by atoms with Gasteiger partial charge in [-0.25, -0.2) is 0 Å². The van der Waals surface area contributed by atoms with Gasteiger partial charge >= 0.3 is 0 Å². The maximum absolute atomic E-state index is 12.4. The molecule has 0 aliphatic rings. The molecular weight excluding hydrogens is 412 g/mol. The Kier molecular flexibility index (Phi) is 6.47. The fourth-order valence-corrected chi connectivity index (χ4v) is 3.44. The maximum Gasteiger partial charge on any atom is 0.274 e. The zero-order valence-electron chi connectivity index (χ0n) is 15.9. The van der Waals surface area contributed by atoms with Crippen LogP contribution in [-0.4, -0.2) is 37.3 Å². The Hall–Kier alpha value is -3.67. The van der Waals surface area contributed by atoms with Gasteiger partial charge in [0.25, 0.3) is 5.69 Å². The van der Waals surface area contributed by atoms with Gasteiger partial charge in [-0.15, -0.1) is 10.2 Å². The van der Waals surface area contributed by atoms with Gasteiger partial charge in [-0.3, -0.25) is 24.3 Å². The fourth-order valence-electron chi connectivity index (χ4n) is 2.68. The number of thioether (sulfide) groups is 1. The summed E-state index contributed by atoms with van der Waals surface area (Å²) in [6.45, 7) is 1.79. The van der Waals surface area contributed by atoms with Crippen molar-refractivity contribution in [3.8, 4) is 11.6 Å². The molecule has 30 heavy (non-hydrogen) atoms. The molecule has 0 saturated carbocycles. The molecule has 3 aromatic rings. The SMILES string of the molecule is Cc1c(NC(=O)CSc2nnc(-c3ccco3)n2CCC(N)=O)cccc1[N+](=O)[O-]. The average molecular weight is 430 g/mol. The van der Waals surface area contributed by atoms with Gasteiger partial charge in [0.1, 0.15) is 0 Å².